The number of ether oxygens (including phenoxy) is 1. The Balaban J connectivity index is 2.14. The maximum Gasteiger partial charge on any atom is 0.329 e. The minimum absolute atomic E-state index is 0.116. The van der Waals surface area contributed by atoms with E-state index in [0.717, 1.165) is 5.56 Å². The van der Waals surface area contributed by atoms with Crippen LogP contribution in [0.3, 0.4) is 0 Å². The molecular formula is C20H21NO5S. The third-order valence-corrected chi connectivity index (χ3v) is 6.47. The fraction of sp³-hybridized carbons (Fsp3) is 0.300. The molecule has 2 aromatic carbocycles. The van der Waals surface area contributed by atoms with Gasteiger partial charge >= 0.3 is 5.97 Å². The van der Waals surface area contributed by atoms with Crippen LogP contribution < -0.4 is 0 Å². The Hall–Kier alpha value is -2.51. The normalized spacial score (nSPS) is 17.2. The molecule has 0 amide bonds. The largest absolute Gasteiger partial charge is 0.465 e. The van der Waals surface area contributed by atoms with Crippen molar-refractivity contribution in [1.82, 2.24) is 4.31 Å². The monoisotopic (exact) mass is 387 g/mol. The lowest BCUT2D eigenvalue weighted by Crippen LogP contribution is -2.44. The number of fused-ring (bicyclic) bond motifs is 1. The summed E-state index contributed by atoms with van der Waals surface area (Å²) in [6.45, 7) is 3.40. The van der Waals surface area contributed by atoms with Gasteiger partial charge in [-0.3, -0.25) is 4.79 Å². The van der Waals surface area contributed by atoms with Gasteiger partial charge < -0.3 is 4.74 Å². The van der Waals surface area contributed by atoms with Crippen LogP contribution in [0.1, 0.15) is 41.4 Å². The average Bonchev–Trinajstić information content (AvgIpc) is 2.67. The fourth-order valence-corrected chi connectivity index (χ4v) is 4.84. The number of carbonyl (C=O) groups excluding carboxylic acids is 2. The van der Waals surface area contributed by atoms with Gasteiger partial charge in [0.05, 0.1) is 11.5 Å². The summed E-state index contributed by atoms with van der Waals surface area (Å²) in [5.74, 6) is -0.790. The highest BCUT2D eigenvalue weighted by atomic mass is 32.2. The zero-order chi connectivity index (χ0) is 19.6. The van der Waals surface area contributed by atoms with E-state index in [1.807, 2.05) is 0 Å². The van der Waals surface area contributed by atoms with E-state index in [4.69, 9.17) is 4.74 Å². The van der Waals surface area contributed by atoms with Gasteiger partial charge in [0.15, 0.2) is 5.78 Å². The van der Waals surface area contributed by atoms with Crippen molar-refractivity contribution in [2.75, 3.05) is 13.2 Å². The van der Waals surface area contributed by atoms with Gasteiger partial charge in [-0.05, 0) is 49.6 Å². The van der Waals surface area contributed by atoms with E-state index in [9.17, 15) is 18.0 Å². The van der Waals surface area contributed by atoms with E-state index in [1.54, 1.807) is 43.3 Å². The number of Topliss-reactive ketones (excluding diaryl/α,β-unsaturated/α-hetero) is 1. The number of benzene rings is 2. The number of ketones is 1. The van der Waals surface area contributed by atoms with Crippen molar-refractivity contribution in [2.24, 2.45) is 0 Å². The van der Waals surface area contributed by atoms with E-state index in [-0.39, 0.29) is 23.8 Å². The molecule has 27 heavy (non-hydrogen) atoms. The molecule has 3 rings (SSSR count). The van der Waals surface area contributed by atoms with Crippen LogP contribution >= 0.6 is 0 Å². The zero-order valence-electron chi connectivity index (χ0n) is 15.2. The first-order valence-electron chi connectivity index (χ1n) is 8.73. The molecule has 0 fully saturated rings. The lowest BCUT2D eigenvalue weighted by atomic mass is 9.91. The van der Waals surface area contributed by atoms with Crippen LogP contribution in [0.2, 0.25) is 0 Å². The van der Waals surface area contributed by atoms with Crippen LogP contribution in [-0.4, -0.2) is 37.6 Å². The van der Waals surface area contributed by atoms with E-state index >= 15 is 0 Å². The number of rotatable bonds is 5. The number of esters is 1. The number of sulfonamides is 1. The van der Waals surface area contributed by atoms with Crippen molar-refractivity contribution in [3.63, 3.8) is 0 Å². The highest BCUT2D eigenvalue weighted by Crippen LogP contribution is 2.35. The summed E-state index contributed by atoms with van der Waals surface area (Å²) < 4.78 is 32.7. The summed E-state index contributed by atoms with van der Waals surface area (Å²) in [5, 5.41) is 0. The molecule has 142 valence electrons. The Bertz CT molecular complexity index is 969. The zero-order valence-corrected chi connectivity index (χ0v) is 16.0. The number of carbonyl (C=O) groups is 2. The highest BCUT2D eigenvalue weighted by molar-refractivity contribution is 7.89. The molecule has 0 spiro atoms. The van der Waals surface area contributed by atoms with Gasteiger partial charge in [-0.2, -0.15) is 4.31 Å². The van der Waals surface area contributed by atoms with Gasteiger partial charge in [-0.1, -0.05) is 30.3 Å². The second-order valence-corrected chi connectivity index (χ2v) is 8.19. The topological polar surface area (TPSA) is 80.8 Å². The predicted molar refractivity (Wildman–Crippen MR) is 99.9 cm³/mol. The van der Waals surface area contributed by atoms with Crippen molar-refractivity contribution < 1.29 is 22.7 Å². The van der Waals surface area contributed by atoms with E-state index < -0.39 is 22.0 Å². The molecule has 1 heterocycles. The Morgan fingerprint density at radius 2 is 1.85 bits per heavy atom. The number of hydrogen-bond donors (Lipinski definition) is 0. The third kappa shape index (κ3) is 3.65. The van der Waals surface area contributed by atoms with Gasteiger partial charge in [0, 0.05) is 12.1 Å². The SMILES string of the molecule is CCOC(=O)C1c2cc(C(C)=O)ccc2CCN1S(=O)(=O)c1ccccc1. The van der Waals surface area contributed by atoms with E-state index in [2.05, 4.69) is 0 Å². The second-order valence-electron chi connectivity index (χ2n) is 6.30. The van der Waals surface area contributed by atoms with Gasteiger partial charge in [-0.15, -0.1) is 0 Å². The minimum Gasteiger partial charge on any atom is -0.465 e. The van der Waals surface area contributed by atoms with E-state index in [1.165, 1.54) is 23.4 Å². The Morgan fingerprint density at radius 1 is 1.15 bits per heavy atom. The summed E-state index contributed by atoms with van der Waals surface area (Å²) in [6.07, 6.45) is 0.454. The van der Waals surface area contributed by atoms with Gasteiger partial charge in [0.2, 0.25) is 10.0 Å². The first kappa shape index (κ1) is 19.3. The molecule has 0 bridgehead atoms. The molecule has 1 aliphatic rings. The van der Waals surface area contributed by atoms with Crippen LogP contribution in [0.25, 0.3) is 0 Å². The molecule has 1 aliphatic heterocycles. The van der Waals surface area contributed by atoms with E-state index in [0.29, 0.717) is 17.5 Å². The van der Waals surface area contributed by atoms with Gasteiger partial charge in [-0.25, -0.2) is 13.2 Å². The summed E-state index contributed by atoms with van der Waals surface area (Å²) in [6, 6.07) is 12.0. The summed E-state index contributed by atoms with van der Waals surface area (Å²) in [4.78, 5) is 24.6. The van der Waals surface area contributed by atoms with Crippen LogP contribution in [-0.2, 0) is 26.0 Å². The molecule has 0 aliphatic carbocycles. The number of hydrogen-bond acceptors (Lipinski definition) is 5. The van der Waals surface area contributed by atoms with Crippen LogP contribution in [0, 0.1) is 0 Å². The molecular weight excluding hydrogens is 366 g/mol. The van der Waals surface area contributed by atoms with Crippen LogP contribution in [0.4, 0.5) is 0 Å². The first-order valence-corrected chi connectivity index (χ1v) is 10.2. The lowest BCUT2D eigenvalue weighted by Gasteiger charge is -2.35. The van der Waals surface area contributed by atoms with Crippen LogP contribution in [0.15, 0.2) is 53.4 Å². The van der Waals surface area contributed by atoms with Crippen molar-refractivity contribution in [1.29, 1.82) is 0 Å². The highest BCUT2D eigenvalue weighted by Gasteiger charge is 2.41. The first-order chi connectivity index (χ1) is 12.9. The summed E-state index contributed by atoms with van der Waals surface area (Å²) in [7, 11) is -3.90. The van der Waals surface area contributed by atoms with Crippen molar-refractivity contribution in [3.05, 3.63) is 65.2 Å². The molecule has 0 N–H and O–H groups in total. The van der Waals surface area contributed by atoms with Gasteiger partial charge in [0.1, 0.15) is 6.04 Å². The molecule has 7 heteroatoms. The summed E-state index contributed by atoms with van der Waals surface area (Å²) >= 11 is 0. The minimum atomic E-state index is -3.90. The Labute approximate surface area is 158 Å². The fourth-order valence-electron chi connectivity index (χ4n) is 3.26. The van der Waals surface area contributed by atoms with Crippen molar-refractivity contribution in [2.45, 2.75) is 31.2 Å². The molecule has 0 aromatic heterocycles. The molecule has 6 nitrogen and oxygen atoms in total. The third-order valence-electron chi connectivity index (χ3n) is 4.60. The lowest BCUT2D eigenvalue weighted by molar-refractivity contribution is -0.148. The summed E-state index contributed by atoms with van der Waals surface area (Å²) in [5.41, 5.74) is 1.78. The molecule has 0 saturated heterocycles. The quantitative estimate of drug-likeness (QED) is 0.582. The standard InChI is InChI=1S/C20H21NO5S/c1-3-26-20(23)19-18-13-16(14(2)22)10-9-15(18)11-12-21(19)27(24,25)17-7-5-4-6-8-17/h4-10,13,19H,3,11-12H2,1-2H3. The molecule has 1 atom stereocenters. The number of nitrogens with zero attached hydrogens (tertiary/aromatic N) is 1. The molecule has 0 radical (unpaired) electrons. The maximum atomic E-state index is 13.2. The Kier molecular flexibility index (Phi) is 5.43. The van der Waals surface area contributed by atoms with Crippen molar-refractivity contribution in [3.8, 4) is 0 Å². The molecule has 1 unspecified atom stereocenters. The van der Waals surface area contributed by atoms with Gasteiger partial charge in [0.25, 0.3) is 0 Å². The molecule has 0 saturated carbocycles. The predicted octanol–water partition coefficient (Wildman–Crippen LogP) is 2.74. The second kappa shape index (κ2) is 7.62. The molecule has 2 aromatic rings. The average molecular weight is 387 g/mol. The smallest absolute Gasteiger partial charge is 0.329 e. The Morgan fingerprint density at radius 3 is 2.48 bits per heavy atom. The maximum absolute atomic E-state index is 13.2. The van der Waals surface area contributed by atoms with Crippen LogP contribution in [0.5, 0.6) is 0 Å². The van der Waals surface area contributed by atoms with Crippen molar-refractivity contribution >= 4 is 21.8 Å².